The van der Waals surface area contributed by atoms with Crippen LogP contribution in [0.15, 0.2) is 0 Å². The van der Waals surface area contributed by atoms with Gasteiger partial charge in [0.2, 0.25) is 0 Å². The van der Waals surface area contributed by atoms with E-state index in [0.29, 0.717) is 6.42 Å². The number of rotatable bonds is 4. The van der Waals surface area contributed by atoms with Gasteiger partial charge in [-0.05, 0) is 6.54 Å². The SMILES string of the molecule is CCNCCC=O. The van der Waals surface area contributed by atoms with Crippen molar-refractivity contribution in [1.82, 2.24) is 5.32 Å². The zero-order valence-electron chi connectivity index (χ0n) is 4.61. The van der Waals surface area contributed by atoms with Crippen molar-refractivity contribution in [1.29, 1.82) is 0 Å². The number of carbonyl (C=O) groups excluding carboxylic acids is 1. The standard InChI is InChI=1S/C5H11NO/c1-2-6-4-3-5-7/h5-6H,2-4H2,1H3. The van der Waals surface area contributed by atoms with Gasteiger partial charge in [0, 0.05) is 13.0 Å². The van der Waals surface area contributed by atoms with E-state index in [4.69, 9.17) is 0 Å². The van der Waals surface area contributed by atoms with Gasteiger partial charge in [-0.25, -0.2) is 0 Å². The Kier molecular flexibility index (Phi) is 5.33. The van der Waals surface area contributed by atoms with Gasteiger partial charge in [0.1, 0.15) is 6.29 Å². The summed E-state index contributed by atoms with van der Waals surface area (Å²) in [4.78, 5) is 9.64. The smallest absolute Gasteiger partial charge is 0.121 e. The van der Waals surface area contributed by atoms with Crippen molar-refractivity contribution in [2.75, 3.05) is 13.1 Å². The highest BCUT2D eigenvalue weighted by molar-refractivity contribution is 5.49. The zero-order valence-corrected chi connectivity index (χ0v) is 4.61. The molecule has 2 heteroatoms. The topological polar surface area (TPSA) is 29.1 Å². The molecular formula is C5H11NO. The Bertz CT molecular complexity index is 45.3. The molecule has 1 N–H and O–H groups in total. The summed E-state index contributed by atoms with van der Waals surface area (Å²) >= 11 is 0. The first-order valence-electron chi connectivity index (χ1n) is 2.56. The Morgan fingerprint density at radius 2 is 2.43 bits per heavy atom. The molecule has 0 aromatic carbocycles. The lowest BCUT2D eigenvalue weighted by molar-refractivity contribution is -0.107. The highest BCUT2D eigenvalue weighted by Crippen LogP contribution is 1.63. The Labute approximate surface area is 43.9 Å². The molecule has 7 heavy (non-hydrogen) atoms. The molecule has 0 saturated carbocycles. The maximum Gasteiger partial charge on any atom is 0.121 e. The largest absolute Gasteiger partial charge is 0.317 e. The summed E-state index contributed by atoms with van der Waals surface area (Å²) in [5.41, 5.74) is 0. The number of hydrogen-bond donors (Lipinski definition) is 1. The van der Waals surface area contributed by atoms with E-state index >= 15 is 0 Å². The average molecular weight is 101 g/mol. The van der Waals surface area contributed by atoms with Crippen LogP contribution < -0.4 is 5.32 Å². The van der Waals surface area contributed by atoms with E-state index < -0.39 is 0 Å². The van der Waals surface area contributed by atoms with E-state index in [-0.39, 0.29) is 0 Å². The predicted molar refractivity (Wildman–Crippen MR) is 29.2 cm³/mol. The fourth-order valence-electron chi connectivity index (χ4n) is 0.338. The first-order valence-corrected chi connectivity index (χ1v) is 2.56. The fourth-order valence-corrected chi connectivity index (χ4v) is 0.338. The Balaban J connectivity index is 2.56. The van der Waals surface area contributed by atoms with E-state index in [1.165, 1.54) is 0 Å². The highest BCUT2D eigenvalue weighted by atomic mass is 16.1. The molecule has 0 saturated heterocycles. The second-order valence-electron chi connectivity index (χ2n) is 1.31. The van der Waals surface area contributed by atoms with Gasteiger partial charge >= 0.3 is 0 Å². The third-order valence-corrected chi connectivity index (χ3v) is 0.689. The van der Waals surface area contributed by atoms with Crippen LogP contribution in [0.25, 0.3) is 0 Å². The molecular weight excluding hydrogens is 90.1 g/mol. The second-order valence-corrected chi connectivity index (χ2v) is 1.31. The summed E-state index contributed by atoms with van der Waals surface area (Å²) < 4.78 is 0. The minimum Gasteiger partial charge on any atom is -0.317 e. The van der Waals surface area contributed by atoms with E-state index in [1.54, 1.807) is 0 Å². The van der Waals surface area contributed by atoms with Crippen LogP contribution in [-0.2, 0) is 4.79 Å². The minimum absolute atomic E-state index is 0.633. The average Bonchev–Trinajstić information content (AvgIpc) is 1.69. The third-order valence-electron chi connectivity index (χ3n) is 0.689. The van der Waals surface area contributed by atoms with Crippen molar-refractivity contribution in [2.24, 2.45) is 0 Å². The zero-order chi connectivity index (χ0) is 5.54. The summed E-state index contributed by atoms with van der Waals surface area (Å²) in [6.07, 6.45) is 1.55. The molecule has 0 heterocycles. The molecule has 0 aromatic heterocycles. The molecule has 0 aliphatic heterocycles. The molecule has 0 aliphatic rings. The molecule has 0 amide bonds. The lowest BCUT2D eigenvalue weighted by Crippen LogP contribution is -2.13. The minimum atomic E-state index is 0.633. The highest BCUT2D eigenvalue weighted by Gasteiger charge is 1.77. The third kappa shape index (κ3) is 5.63. The molecule has 0 aliphatic carbocycles. The summed E-state index contributed by atoms with van der Waals surface area (Å²) in [5, 5.41) is 3.02. The second kappa shape index (κ2) is 5.63. The summed E-state index contributed by atoms with van der Waals surface area (Å²) in [5.74, 6) is 0. The number of nitrogens with one attached hydrogen (secondary N) is 1. The van der Waals surface area contributed by atoms with Crippen molar-refractivity contribution in [2.45, 2.75) is 13.3 Å². The van der Waals surface area contributed by atoms with Crippen LogP contribution in [0.2, 0.25) is 0 Å². The van der Waals surface area contributed by atoms with Gasteiger partial charge in [-0.1, -0.05) is 6.92 Å². The lowest BCUT2D eigenvalue weighted by Gasteiger charge is -1.91. The molecule has 0 rings (SSSR count). The molecule has 0 aromatic rings. The molecule has 0 spiro atoms. The van der Waals surface area contributed by atoms with Crippen molar-refractivity contribution in [3.63, 3.8) is 0 Å². The van der Waals surface area contributed by atoms with Crippen LogP contribution >= 0.6 is 0 Å². The van der Waals surface area contributed by atoms with Crippen molar-refractivity contribution in [3.8, 4) is 0 Å². The quantitative estimate of drug-likeness (QED) is 0.404. The first-order chi connectivity index (χ1) is 3.41. The van der Waals surface area contributed by atoms with Crippen LogP contribution in [0, 0.1) is 0 Å². The summed E-state index contributed by atoms with van der Waals surface area (Å²) in [7, 11) is 0. The number of carbonyl (C=O) groups is 1. The Morgan fingerprint density at radius 3 is 2.86 bits per heavy atom. The van der Waals surface area contributed by atoms with E-state index in [1.807, 2.05) is 6.92 Å². The van der Waals surface area contributed by atoms with Gasteiger partial charge in [-0.3, -0.25) is 0 Å². The fraction of sp³-hybridized carbons (Fsp3) is 0.800. The number of aldehydes is 1. The molecule has 2 nitrogen and oxygen atoms in total. The van der Waals surface area contributed by atoms with E-state index in [0.717, 1.165) is 19.4 Å². The Morgan fingerprint density at radius 1 is 1.71 bits per heavy atom. The summed E-state index contributed by atoms with van der Waals surface area (Å²) in [6.45, 7) is 3.79. The van der Waals surface area contributed by atoms with Crippen LogP contribution in [0.3, 0.4) is 0 Å². The molecule has 0 bridgehead atoms. The maximum atomic E-state index is 9.64. The van der Waals surface area contributed by atoms with Crippen molar-refractivity contribution >= 4 is 6.29 Å². The molecule has 42 valence electrons. The first kappa shape index (κ1) is 6.63. The monoisotopic (exact) mass is 101 g/mol. The van der Waals surface area contributed by atoms with Crippen molar-refractivity contribution < 1.29 is 4.79 Å². The van der Waals surface area contributed by atoms with Gasteiger partial charge in [0.05, 0.1) is 0 Å². The van der Waals surface area contributed by atoms with Crippen LogP contribution in [-0.4, -0.2) is 19.4 Å². The van der Waals surface area contributed by atoms with Gasteiger partial charge in [-0.15, -0.1) is 0 Å². The number of hydrogen-bond acceptors (Lipinski definition) is 2. The molecule has 0 unspecified atom stereocenters. The van der Waals surface area contributed by atoms with Gasteiger partial charge in [0.15, 0.2) is 0 Å². The van der Waals surface area contributed by atoms with Gasteiger partial charge in [-0.2, -0.15) is 0 Å². The predicted octanol–water partition coefficient (Wildman–Crippen LogP) is 0.185. The maximum absolute atomic E-state index is 9.64. The van der Waals surface area contributed by atoms with Crippen molar-refractivity contribution in [3.05, 3.63) is 0 Å². The lowest BCUT2D eigenvalue weighted by atomic mass is 10.5. The Hall–Kier alpha value is -0.370. The van der Waals surface area contributed by atoms with Gasteiger partial charge < -0.3 is 10.1 Å². The molecule has 0 radical (unpaired) electrons. The normalized spacial score (nSPS) is 8.71. The summed E-state index contributed by atoms with van der Waals surface area (Å²) in [6, 6.07) is 0. The van der Waals surface area contributed by atoms with Crippen LogP contribution in [0.5, 0.6) is 0 Å². The van der Waals surface area contributed by atoms with E-state index in [2.05, 4.69) is 5.32 Å². The van der Waals surface area contributed by atoms with E-state index in [9.17, 15) is 4.79 Å². The van der Waals surface area contributed by atoms with Crippen LogP contribution in [0.1, 0.15) is 13.3 Å². The molecule has 0 atom stereocenters. The molecule has 0 fully saturated rings. The van der Waals surface area contributed by atoms with Crippen LogP contribution in [0.4, 0.5) is 0 Å². The van der Waals surface area contributed by atoms with Gasteiger partial charge in [0.25, 0.3) is 0 Å².